The smallest absolute Gasteiger partial charge is 0.351 e. The summed E-state index contributed by atoms with van der Waals surface area (Å²) in [4.78, 5) is 36.2. The van der Waals surface area contributed by atoms with E-state index in [1.807, 2.05) is 5.48 Å². The molecule has 0 spiro atoms. The summed E-state index contributed by atoms with van der Waals surface area (Å²) in [5.41, 5.74) is 2.09. The number of nitrogens with one attached hydrogen (secondary N) is 1. The van der Waals surface area contributed by atoms with Gasteiger partial charge >= 0.3 is 17.9 Å². The van der Waals surface area contributed by atoms with Crippen LogP contribution in [0.5, 0.6) is 0 Å². The first-order valence-electron chi connectivity index (χ1n) is 4.41. The molecule has 0 saturated carbocycles. The van der Waals surface area contributed by atoms with Crippen LogP contribution in [0.1, 0.15) is 19.8 Å². The molecule has 0 aromatic heterocycles. The number of rotatable bonds is 7. The van der Waals surface area contributed by atoms with Crippen LogP contribution in [0.15, 0.2) is 12.2 Å². The van der Waals surface area contributed by atoms with E-state index in [1.54, 1.807) is 0 Å². The van der Waals surface area contributed by atoms with E-state index < -0.39 is 23.9 Å². The first-order chi connectivity index (χ1) is 7.34. The number of carbonyl (C=O) groups is 3. The zero-order valence-corrected chi connectivity index (χ0v) is 8.73. The van der Waals surface area contributed by atoms with Gasteiger partial charge in [0.1, 0.15) is 6.04 Å². The maximum absolute atomic E-state index is 10.9. The van der Waals surface area contributed by atoms with Crippen molar-refractivity contribution in [1.82, 2.24) is 5.48 Å². The van der Waals surface area contributed by atoms with Crippen LogP contribution in [0.4, 0.5) is 0 Å². The van der Waals surface area contributed by atoms with E-state index in [0.29, 0.717) is 0 Å². The molecule has 7 heteroatoms. The SMILES string of the molecule is C=C(C)C(=O)ON[C@@H](CCC(=O)O)C(=O)O. The summed E-state index contributed by atoms with van der Waals surface area (Å²) < 4.78 is 0. The molecule has 7 nitrogen and oxygen atoms in total. The number of hydroxylamine groups is 1. The fraction of sp³-hybridized carbons (Fsp3) is 0.444. The molecule has 0 unspecified atom stereocenters. The van der Waals surface area contributed by atoms with Crippen molar-refractivity contribution in [2.45, 2.75) is 25.8 Å². The Balaban J connectivity index is 4.14. The summed E-state index contributed by atoms with van der Waals surface area (Å²) >= 11 is 0. The fourth-order valence-electron chi connectivity index (χ4n) is 0.712. The predicted octanol–water partition coefficient (Wildman–Crippen LogP) is -0.0717. The molecule has 0 aromatic rings. The molecule has 0 amide bonds. The average molecular weight is 231 g/mol. The van der Waals surface area contributed by atoms with Crippen LogP contribution in [0, 0.1) is 0 Å². The minimum atomic E-state index is -1.30. The molecule has 0 aliphatic carbocycles. The molecule has 0 aliphatic rings. The highest BCUT2D eigenvalue weighted by Gasteiger charge is 2.20. The Labute approximate surface area is 91.7 Å². The molecule has 0 fully saturated rings. The van der Waals surface area contributed by atoms with Crippen LogP contribution in [0.2, 0.25) is 0 Å². The van der Waals surface area contributed by atoms with Gasteiger partial charge in [0.15, 0.2) is 0 Å². The molecule has 0 saturated heterocycles. The van der Waals surface area contributed by atoms with Gasteiger partial charge < -0.3 is 15.1 Å². The molecule has 3 N–H and O–H groups in total. The number of carboxylic acid groups (broad SMARTS) is 2. The predicted molar refractivity (Wildman–Crippen MR) is 52.3 cm³/mol. The van der Waals surface area contributed by atoms with Crippen molar-refractivity contribution in [3.05, 3.63) is 12.2 Å². The second kappa shape index (κ2) is 6.57. The molecule has 0 aromatic carbocycles. The third kappa shape index (κ3) is 5.76. The maximum atomic E-state index is 10.9. The first-order valence-corrected chi connectivity index (χ1v) is 4.41. The molecule has 90 valence electrons. The molecular formula is C9H13NO6. The van der Waals surface area contributed by atoms with Crippen molar-refractivity contribution in [2.75, 3.05) is 0 Å². The largest absolute Gasteiger partial charge is 0.481 e. The Morgan fingerprint density at radius 1 is 1.38 bits per heavy atom. The Morgan fingerprint density at radius 3 is 2.31 bits per heavy atom. The summed E-state index contributed by atoms with van der Waals surface area (Å²) in [5, 5.41) is 17.0. The highest BCUT2D eigenvalue weighted by Crippen LogP contribution is 1.99. The van der Waals surface area contributed by atoms with Gasteiger partial charge in [0.25, 0.3) is 0 Å². The lowest BCUT2D eigenvalue weighted by atomic mass is 10.2. The summed E-state index contributed by atoms with van der Waals surface area (Å²) in [6.45, 7) is 4.70. The molecule has 0 bridgehead atoms. The molecule has 1 atom stereocenters. The quantitative estimate of drug-likeness (QED) is 0.415. The lowest BCUT2D eigenvalue weighted by Crippen LogP contribution is -2.38. The van der Waals surface area contributed by atoms with E-state index in [9.17, 15) is 14.4 Å². The van der Waals surface area contributed by atoms with E-state index in [-0.39, 0.29) is 18.4 Å². The van der Waals surface area contributed by atoms with Gasteiger partial charge in [-0.15, -0.1) is 5.48 Å². The van der Waals surface area contributed by atoms with E-state index in [4.69, 9.17) is 10.2 Å². The second-order valence-electron chi connectivity index (χ2n) is 3.11. The van der Waals surface area contributed by atoms with Crippen LogP contribution in [-0.4, -0.2) is 34.2 Å². The summed E-state index contributed by atoms with van der Waals surface area (Å²) in [7, 11) is 0. The molecule has 0 rings (SSSR count). The summed E-state index contributed by atoms with van der Waals surface area (Å²) in [6, 6.07) is -1.25. The van der Waals surface area contributed by atoms with Crippen molar-refractivity contribution >= 4 is 17.9 Å². The Hall–Kier alpha value is -1.89. The van der Waals surface area contributed by atoms with Gasteiger partial charge in [0, 0.05) is 12.0 Å². The Kier molecular flexibility index (Phi) is 5.79. The van der Waals surface area contributed by atoms with Crippen LogP contribution < -0.4 is 5.48 Å². The summed E-state index contributed by atoms with van der Waals surface area (Å²) in [5.74, 6) is -3.21. The van der Waals surface area contributed by atoms with E-state index in [2.05, 4.69) is 11.4 Å². The second-order valence-corrected chi connectivity index (χ2v) is 3.11. The Morgan fingerprint density at radius 2 is 1.94 bits per heavy atom. The standard InChI is InChI=1S/C9H13NO6/c1-5(2)9(15)16-10-6(8(13)14)3-4-7(11)12/h6,10H,1,3-4H2,2H3,(H,11,12)(H,13,14)/t6-/m0/s1. The molecule has 16 heavy (non-hydrogen) atoms. The number of carboxylic acids is 2. The molecule has 0 radical (unpaired) electrons. The maximum Gasteiger partial charge on any atom is 0.351 e. The molecule has 0 heterocycles. The summed E-state index contributed by atoms with van der Waals surface area (Å²) in [6.07, 6.45) is -0.525. The minimum Gasteiger partial charge on any atom is -0.481 e. The van der Waals surface area contributed by atoms with Crippen LogP contribution in [0.25, 0.3) is 0 Å². The highest BCUT2D eigenvalue weighted by atomic mass is 16.7. The first kappa shape index (κ1) is 14.1. The third-order valence-corrected chi connectivity index (χ3v) is 1.59. The van der Waals surface area contributed by atoms with Crippen LogP contribution in [0.3, 0.4) is 0 Å². The lowest BCUT2D eigenvalue weighted by molar-refractivity contribution is -0.154. The number of hydrogen-bond acceptors (Lipinski definition) is 5. The highest BCUT2D eigenvalue weighted by molar-refractivity contribution is 5.87. The zero-order valence-electron chi connectivity index (χ0n) is 8.73. The van der Waals surface area contributed by atoms with Crippen molar-refractivity contribution < 1.29 is 29.4 Å². The third-order valence-electron chi connectivity index (χ3n) is 1.59. The van der Waals surface area contributed by atoms with Gasteiger partial charge in [-0.1, -0.05) is 6.58 Å². The lowest BCUT2D eigenvalue weighted by Gasteiger charge is -2.12. The van der Waals surface area contributed by atoms with E-state index in [0.717, 1.165) is 0 Å². The Bertz CT molecular complexity index is 311. The van der Waals surface area contributed by atoms with Gasteiger partial charge in [-0.3, -0.25) is 9.59 Å². The molecular weight excluding hydrogens is 218 g/mol. The van der Waals surface area contributed by atoms with Crippen molar-refractivity contribution in [3.63, 3.8) is 0 Å². The number of carbonyl (C=O) groups excluding carboxylic acids is 1. The topological polar surface area (TPSA) is 113 Å². The van der Waals surface area contributed by atoms with Crippen LogP contribution >= 0.6 is 0 Å². The number of aliphatic carboxylic acids is 2. The average Bonchev–Trinajstić information content (AvgIpc) is 2.15. The van der Waals surface area contributed by atoms with Gasteiger partial charge in [-0.2, -0.15) is 0 Å². The molecule has 0 aliphatic heterocycles. The van der Waals surface area contributed by atoms with E-state index >= 15 is 0 Å². The zero-order chi connectivity index (χ0) is 12.7. The van der Waals surface area contributed by atoms with Gasteiger partial charge in [0.05, 0.1) is 0 Å². The van der Waals surface area contributed by atoms with E-state index in [1.165, 1.54) is 6.92 Å². The monoisotopic (exact) mass is 231 g/mol. The van der Waals surface area contributed by atoms with Gasteiger partial charge in [0.2, 0.25) is 0 Å². The van der Waals surface area contributed by atoms with Gasteiger partial charge in [-0.05, 0) is 13.3 Å². The van der Waals surface area contributed by atoms with Crippen molar-refractivity contribution in [2.24, 2.45) is 0 Å². The van der Waals surface area contributed by atoms with Crippen LogP contribution in [-0.2, 0) is 19.2 Å². The number of hydrogen-bond donors (Lipinski definition) is 3. The normalized spacial score (nSPS) is 11.6. The van der Waals surface area contributed by atoms with Crippen molar-refractivity contribution in [1.29, 1.82) is 0 Å². The van der Waals surface area contributed by atoms with Gasteiger partial charge in [-0.25, -0.2) is 4.79 Å². The minimum absolute atomic E-state index is 0.106. The fourth-order valence-corrected chi connectivity index (χ4v) is 0.712. The van der Waals surface area contributed by atoms with Crippen molar-refractivity contribution in [3.8, 4) is 0 Å².